The van der Waals surface area contributed by atoms with Crippen molar-refractivity contribution in [2.75, 3.05) is 19.7 Å². The van der Waals surface area contributed by atoms with Crippen molar-refractivity contribution in [3.05, 3.63) is 29.8 Å². The summed E-state index contributed by atoms with van der Waals surface area (Å²) in [5, 5.41) is 10.6. The molecule has 4 unspecified atom stereocenters. The van der Waals surface area contributed by atoms with Crippen molar-refractivity contribution in [3.8, 4) is 5.75 Å². The van der Waals surface area contributed by atoms with Crippen LogP contribution in [0.5, 0.6) is 5.75 Å². The van der Waals surface area contributed by atoms with Crippen LogP contribution in [-0.4, -0.2) is 35.7 Å². The number of para-hydroxylation sites is 1. The fourth-order valence-electron chi connectivity index (χ4n) is 3.23. The average molecular weight is 261 g/mol. The first-order valence-electron chi connectivity index (χ1n) is 7.30. The highest BCUT2D eigenvalue weighted by molar-refractivity contribution is 5.37. The zero-order valence-corrected chi connectivity index (χ0v) is 11.7. The maximum Gasteiger partial charge on any atom is 0.125 e. The van der Waals surface area contributed by atoms with Gasteiger partial charge in [-0.25, -0.2) is 0 Å². The molecule has 0 radical (unpaired) electrons. The second-order valence-electron chi connectivity index (χ2n) is 6.10. The number of ether oxygens (including phenoxy) is 1. The predicted octanol–water partition coefficient (Wildman–Crippen LogP) is 2.46. The molecule has 1 aromatic rings. The summed E-state index contributed by atoms with van der Waals surface area (Å²) in [4.78, 5) is 2.41. The molecule has 0 saturated carbocycles. The van der Waals surface area contributed by atoms with Crippen LogP contribution in [0, 0.1) is 11.8 Å². The van der Waals surface area contributed by atoms with Crippen molar-refractivity contribution in [2.45, 2.75) is 32.4 Å². The molecule has 19 heavy (non-hydrogen) atoms. The van der Waals surface area contributed by atoms with Gasteiger partial charge in [-0.05, 0) is 30.9 Å². The van der Waals surface area contributed by atoms with Crippen molar-refractivity contribution < 1.29 is 9.84 Å². The maximum absolute atomic E-state index is 10.6. The maximum atomic E-state index is 10.6. The molecule has 0 aromatic heterocycles. The molecule has 1 N–H and O–H groups in total. The van der Waals surface area contributed by atoms with E-state index in [9.17, 15) is 5.11 Å². The van der Waals surface area contributed by atoms with Gasteiger partial charge in [-0.3, -0.25) is 4.90 Å². The van der Waals surface area contributed by atoms with Crippen molar-refractivity contribution in [1.29, 1.82) is 0 Å². The van der Waals surface area contributed by atoms with Crippen LogP contribution in [0.1, 0.15) is 31.9 Å². The van der Waals surface area contributed by atoms with Crippen LogP contribution in [0.2, 0.25) is 0 Å². The molecule has 3 rings (SSSR count). The van der Waals surface area contributed by atoms with Gasteiger partial charge in [-0.15, -0.1) is 0 Å². The lowest BCUT2D eigenvalue weighted by molar-refractivity contribution is -0.0212. The number of hydrogen-bond acceptors (Lipinski definition) is 3. The summed E-state index contributed by atoms with van der Waals surface area (Å²) in [6.45, 7) is 7.36. The lowest BCUT2D eigenvalue weighted by Crippen LogP contribution is -2.51. The standard InChI is InChI=1S/C16H23NO2/c1-11-7-8-17(9-12(11)2)14-10-19-15-6-4-3-5-13(15)16(14)18/h3-6,11-12,14,16,18H,7-10H2,1-2H3. The van der Waals surface area contributed by atoms with Gasteiger partial charge in [0.25, 0.3) is 0 Å². The van der Waals surface area contributed by atoms with Crippen molar-refractivity contribution in [3.63, 3.8) is 0 Å². The van der Waals surface area contributed by atoms with E-state index < -0.39 is 6.10 Å². The van der Waals surface area contributed by atoms with Crippen molar-refractivity contribution >= 4 is 0 Å². The molecule has 2 heterocycles. The van der Waals surface area contributed by atoms with E-state index in [0.29, 0.717) is 12.5 Å². The molecule has 2 aliphatic rings. The summed E-state index contributed by atoms with van der Waals surface area (Å²) in [5.41, 5.74) is 0.935. The van der Waals surface area contributed by atoms with E-state index in [1.807, 2.05) is 24.3 Å². The van der Waals surface area contributed by atoms with Crippen LogP contribution < -0.4 is 4.74 Å². The minimum Gasteiger partial charge on any atom is -0.491 e. The van der Waals surface area contributed by atoms with Gasteiger partial charge in [0.1, 0.15) is 18.5 Å². The molecule has 0 amide bonds. The van der Waals surface area contributed by atoms with Crippen LogP contribution >= 0.6 is 0 Å². The topological polar surface area (TPSA) is 32.7 Å². The number of rotatable bonds is 1. The van der Waals surface area contributed by atoms with Gasteiger partial charge in [0, 0.05) is 12.1 Å². The summed E-state index contributed by atoms with van der Waals surface area (Å²) >= 11 is 0. The summed E-state index contributed by atoms with van der Waals surface area (Å²) in [6.07, 6.45) is 0.789. The van der Waals surface area contributed by atoms with Crippen LogP contribution in [0.15, 0.2) is 24.3 Å². The molecule has 3 nitrogen and oxygen atoms in total. The summed E-state index contributed by atoms with van der Waals surface area (Å²) in [6, 6.07) is 7.94. The Kier molecular flexibility index (Phi) is 3.50. The smallest absolute Gasteiger partial charge is 0.125 e. The number of likely N-dealkylation sites (tertiary alicyclic amines) is 1. The number of nitrogens with zero attached hydrogens (tertiary/aromatic N) is 1. The number of benzene rings is 1. The Hall–Kier alpha value is -1.06. The highest BCUT2D eigenvalue weighted by atomic mass is 16.5. The van der Waals surface area contributed by atoms with Crippen LogP contribution in [0.25, 0.3) is 0 Å². The average Bonchev–Trinajstić information content (AvgIpc) is 2.43. The van der Waals surface area contributed by atoms with Gasteiger partial charge in [-0.2, -0.15) is 0 Å². The van der Waals surface area contributed by atoms with E-state index in [2.05, 4.69) is 18.7 Å². The first kappa shape index (κ1) is 12.9. The zero-order valence-electron chi connectivity index (χ0n) is 11.7. The minimum atomic E-state index is -0.425. The Morgan fingerprint density at radius 2 is 2.00 bits per heavy atom. The van der Waals surface area contributed by atoms with E-state index in [-0.39, 0.29) is 6.04 Å². The second-order valence-corrected chi connectivity index (χ2v) is 6.10. The Morgan fingerprint density at radius 3 is 2.79 bits per heavy atom. The van der Waals surface area contributed by atoms with Crippen LogP contribution in [0.3, 0.4) is 0 Å². The summed E-state index contributed by atoms with van der Waals surface area (Å²) in [5.74, 6) is 2.31. The fraction of sp³-hybridized carbons (Fsp3) is 0.625. The lowest BCUT2D eigenvalue weighted by Gasteiger charge is -2.43. The van der Waals surface area contributed by atoms with Crippen LogP contribution in [-0.2, 0) is 0 Å². The Bertz CT molecular complexity index is 448. The number of piperidine rings is 1. The van der Waals surface area contributed by atoms with Gasteiger partial charge >= 0.3 is 0 Å². The third-order valence-corrected chi connectivity index (χ3v) is 4.85. The monoisotopic (exact) mass is 261 g/mol. The van der Waals surface area contributed by atoms with Crippen LogP contribution in [0.4, 0.5) is 0 Å². The molecule has 1 saturated heterocycles. The molecule has 1 fully saturated rings. The summed E-state index contributed by atoms with van der Waals surface area (Å²) < 4.78 is 5.82. The zero-order chi connectivity index (χ0) is 13.4. The highest BCUT2D eigenvalue weighted by Gasteiger charge is 2.36. The molecule has 0 bridgehead atoms. The highest BCUT2D eigenvalue weighted by Crippen LogP contribution is 2.36. The fourth-order valence-corrected chi connectivity index (χ4v) is 3.23. The summed E-state index contributed by atoms with van der Waals surface area (Å²) in [7, 11) is 0. The van der Waals surface area contributed by atoms with E-state index >= 15 is 0 Å². The van der Waals surface area contributed by atoms with E-state index in [1.165, 1.54) is 6.42 Å². The molecule has 1 aromatic carbocycles. The van der Waals surface area contributed by atoms with Gasteiger partial charge in [0.2, 0.25) is 0 Å². The number of aliphatic hydroxyl groups is 1. The molecular formula is C16H23NO2. The van der Waals surface area contributed by atoms with E-state index in [4.69, 9.17) is 4.74 Å². The number of hydrogen-bond donors (Lipinski definition) is 1. The Labute approximate surface area is 115 Å². The van der Waals surface area contributed by atoms with Crippen molar-refractivity contribution in [1.82, 2.24) is 4.90 Å². The third-order valence-electron chi connectivity index (χ3n) is 4.85. The minimum absolute atomic E-state index is 0.102. The molecule has 4 atom stereocenters. The second kappa shape index (κ2) is 5.14. The number of aliphatic hydroxyl groups excluding tert-OH is 1. The molecule has 104 valence electrons. The molecule has 3 heteroatoms. The third kappa shape index (κ3) is 2.37. The quantitative estimate of drug-likeness (QED) is 0.843. The Morgan fingerprint density at radius 1 is 1.21 bits per heavy atom. The van der Waals surface area contributed by atoms with Gasteiger partial charge in [-0.1, -0.05) is 32.0 Å². The normalized spacial score (nSPS) is 35.5. The molecule has 0 spiro atoms. The van der Waals surface area contributed by atoms with Gasteiger partial charge in [0.15, 0.2) is 0 Å². The molecule has 2 aliphatic heterocycles. The molecule has 0 aliphatic carbocycles. The Balaban J connectivity index is 1.77. The first-order chi connectivity index (χ1) is 9.16. The SMILES string of the molecule is CC1CCN(C2COc3ccccc3C2O)CC1C. The molecular weight excluding hydrogens is 238 g/mol. The van der Waals surface area contributed by atoms with Gasteiger partial charge < -0.3 is 9.84 Å². The van der Waals surface area contributed by atoms with E-state index in [1.54, 1.807) is 0 Å². The van der Waals surface area contributed by atoms with Crippen molar-refractivity contribution in [2.24, 2.45) is 11.8 Å². The predicted molar refractivity (Wildman–Crippen MR) is 75.2 cm³/mol. The lowest BCUT2D eigenvalue weighted by atomic mass is 9.86. The number of fused-ring (bicyclic) bond motifs is 1. The van der Waals surface area contributed by atoms with Gasteiger partial charge in [0.05, 0.1) is 6.04 Å². The largest absolute Gasteiger partial charge is 0.491 e. The van der Waals surface area contributed by atoms with E-state index in [0.717, 1.165) is 30.3 Å². The first-order valence-corrected chi connectivity index (χ1v) is 7.30.